The Labute approximate surface area is 120 Å². The first kappa shape index (κ1) is 16.5. The Kier molecular flexibility index (Phi) is 6.52. The third-order valence-electron chi connectivity index (χ3n) is 2.52. The second-order valence-electron chi connectivity index (χ2n) is 4.11. The van der Waals surface area contributed by atoms with Gasteiger partial charge in [-0.3, -0.25) is 4.72 Å². The quantitative estimate of drug-likeness (QED) is 0.609. The van der Waals surface area contributed by atoms with Gasteiger partial charge in [0, 0.05) is 12.2 Å². The highest BCUT2D eigenvalue weighted by Gasteiger charge is 2.12. The normalized spacial score (nSPS) is 10.8. The van der Waals surface area contributed by atoms with Crippen molar-refractivity contribution in [2.75, 3.05) is 30.3 Å². The molecule has 0 aliphatic carbocycles. The van der Waals surface area contributed by atoms with Gasteiger partial charge in [-0.2, -0.15) is 0 Å². The van der Waals surface area contributed by atoms with E-state index < -0.39 is 10.0 Å². The lowest BCUT2D eigenvalue weighted by atomic mass is 10.1. The highest BCUT2D eigenvalue weighted by Crippen LogP contribution is 2.18. The molecule has 0 heterocycles. The van der Waals surface area contributed by atoms with E-state index in [-0.39, 0.29) is 19.0 Å². The highest BCUT2D eigenvalue weighted by molar-refractivity contribution is 7.92. The minimum atomic E-state index is -3.44. The predicted molar refractivity (Wildman–Crippen MR) is 79.0 cm³/mol. The summed E-state index contributed by atoms with van der Waals surface area (Å²) < 4.78 is 31.3. The number of anilines is 1. The van der Waals surface area contributed by atoms with Crippen molar-refractivity contribution in [3.63, 3.8) is 0 Å². The van der Waals surface area contributed by atoms with E-state index in [1.54, 1.807) is 18.2 Å². The fourth-order valence-corrected chi connectivity index (χ4v) is 2.48. The lowest BCUT2D eigenvalue weighted by Gasteiger charge is -2.11. The van der Waals surface area contributed by atoms with Gasteiger partial charge >= 0.3 is 0 Å². The summed E-state index contributed by atoms with van der Waals surface area (Å²) >= 11 is 0. The molecular weight excluding hydrogens is 278 g/mol. The lowest BCUT2D eigenvalue weighted by molar-refractivity contribution is 0.163. The molecule has 1 rings (SSSR count). The van der Waals surface area contributed by atoms with Crippen LogP contribution in [0.25, 0.3) is 0 Å². The summed E-state index contributed by atoms with van der Waals surface area (Å²) in [5.41, 5.74) is 1.94. The fourth-order valence-electron chi connectivity index (χ4n) is 1.48. The fraction of sp³-hybridized carbons (Fsp3) is 0.429. The van der Waals surface area contributed by atoms with Crippen molar-refractivity contribution >= 4 is 15.7 Å². The molecule has 0 saturated carbocycles. The molecule has 0 amide bonds. The minimum Gasteiger partial charge on any atom is -0.384 e. The Hall–Kier alpha value is -1.55. The van der Waals surface area contributed by atoms with Crippen LogP contribution in [-0.2, 0) is 14.8 Å². The van der Waals surface area contributed by atoms with Crippen molar-refractivity contribution < 1.29 is 18.3 Å². The predicted octanol–water partition coefficient (Wildman–Crippen LogP) is 1.12. The maximum Gasteiger partial charge on any atom is 0.235 e. The van der Waals surface area contributed by atoms with E-state index in [2.05, 4.69) is 16.6 Å². The van der Waals surface area contributed by atoms with Crippen molar-refractivity contribution in [3.8, 4) is 11.8 Å². The lowest BCUT2D eigenvalue weighted by Crippen LogP contribution is -2.20. The zero-order valence-electron chi connectivity index (χ0n) is 11.6. The van der Waals surface area contributed by atoms with Gasteiger partial charge in [0.05, 0.1) is 18.0 Å². The summed E-state index contributed by atoms with van der Waals surface area (Å²) in [6.07, 6.45) is 0. The molecule has 0 spiro atoms. The molecule has 0 fully saturated rings. The number of sulfonamides is 1. The molecule has 5 nitrogen and oxygen atoms in total. The minimum absolute atomic E-state index is 0.0905. The van der Waals surface area contributed by atoms with E-state index in [0.717, 1.165) is 5.56 Å². The Bertz CT molecular complexity index is 599. The van der Waals surface area contributed by atoms with E-state index >= 15 is 0 Å². The topological polar surface area (TPSA) is 75.6 Å². The summed E-state index contributed by atoms with van der Waals surface area (Å²) in [6.45, 7) is 4.04. The maximum atomic E-state index is 11.9. The molecule has 0 bridgehead atoms. The average Bonchev–Trinajstić information content (AvgIpc) is 2.39. The molecule has 0 aliphatic rings. The third kappa shape index (κ3) is 5.61. The Balaban J connectivity index is 2.85. The van der Waals surface area contributed by atoms with Crippen LogP contribution < -0.4 is 4.72 Å². The monoisotopic (exact) mass is 297 g/mol. The van der Waals surface area contributed by atoms with Gasteiger partial charge in [0.1, 0.15) is 6.61 Å². The van der Waals surface area contributed by atoms with Crippen LogP contribution in [0.1, 0.15) is 18.1 Å². The van der Waals surface area contributed by atoms with Crippen molar-refractivity contribution in [2.24, 2.45) is 0 Å². The molecule has 2 N–H and O–H groups in total. The van der Waals surface area contributed by atoms with Crippen LogP contribution >= 0.6 is 0 Å². The summed E-state index contributed by atoms with van der Waals surface area (Å²) in [7, 11) is -3.44. The van der Waals surface area contributed by atoms with Crippen LogP contribution in [0.2, 0.25) is 0 Å². The van der Waals surface area contributed by atoms with Crippen LogP contribution in [0.3, 0.4) is 0 Å². The number of nitrogens with one attached hydrogen (secondary N) is 1. The number of aliphatic hydroxyl groups excluding tert-OH is 1. The second-order valence-corrected chi connectivity index (χ2v) is 5.95. The smallest absolute Gasteiger partial charge is 0.235 e. The van der Waals surface area contributed by atoms with E-state index in [0.29, 0.717) is 17.9 Å². The molecule has 1 aromatic rings. The highest BCUT2D eigenvalue weighted by atomic mass is 32.2. The van der Waals surface area contributed by atoms with Gasteiger partial charge in [0.2, 0.25) is 10.0 Å². The molecule has 0 saturated heterocycles. The van der Waals surface area contributed by atoms with Gasteiger partial charge in [-0.25, -0.2) is 8.42 Å². The van der Waals surface area contributed by atoms with Crippen LogP contribution in [0.5, 0.6) is 0 Å². The summed E-state index contributed by atoms with van der Waals surface area (Å²) in [6, 6.07) is 5.20. The van der Waals surface area contributed by atoms with Crippen LogP contribution in [0.4, 0.5) is 5.69 Å². The van der Waals surface area contributed by atoms with E-state index in [1.165, 1.54) is 0 Å². The first-order chi connectivity index (χ1) is 9.48. The van der Waals surface area contributed by atoms with E-state index in [9.17, 15) is 8.42 Å². The number of ether oxygens (including phenoxy) is 1. The third-order valence-corrected chi connectivity index (χ3v) is 3.75. The molecule has 6 heteroatoms. The van der Waals surface area contributed by atoms with E-state index in [1.807, 2.05) is 13.8 Å². The number of aryl methyl sites for hydroxylation is 1. The van der Waals surface area contributed by atoms with Crippen molar-refractivity contribution in [1.82, 2.24) is 0 Å². The SMILES string of the molecule is CCOCCS(=O)(=O)Nc1cc(C#CCO)ccc1C. The zero-order chi connectivity index (χ0) is 15.0. The molecule has 0 aliphatic heterocycles. The van der Waals surface area contributed by atoms with Crippen LogP contribution in [0.15, 0.2) is 18.2 Å². The van der Waals surface area contributed by atoms with Gasteiger partial charge in [0.15, 0.2) is 0 Å². The zero-order valence-corrected chi connectivity index (χ0v) is 12.5. The van der Waals surface area contributed by atoms with Gasteiger partial charge in [0.25, 0.3) is 0 Å². The van der Waals surface area contributed by atoms with Gasteiger partial charge < -0.3 is 9.84 Å². The molecule has 0 aromatic heterocycles. The summed E-state index contributed by atoms with van der Waals surface area (Å²) in [5.74, 6) is 5.17. The number of rotatable bonds is 6. The number of benzene rings is 1. The Morgan fingerprint density at radius 1 is 1.40 bits per heavy atom. The summed E-state index contributed by atoms with van der Waals surface area (Å²) in [5, 5.41) is 8.66. The molecule has 0 atom stereocenters. The van der Waals surface area contributed by atoms with Crippen LogP contribution in [0, 0.1) is 18.8 Å². The van der Waals surface area contributed by atoms with Crippen LogP contribution in [-0.4, -0.2) is 39.1 Å². The van der Waals surface area contributed by atoms with E-state index in [4.69, 9.17) is 9.84 Å². The summed E-state index contributed by atoms with van der Waals surface area (Å²) in [4.78, 5) is 0. The molecule has 0 unspecified atom stereocenters. The number of aliphatic hydroxyl groups is 1. The Morgan fingerprint density at radius 2 is 2.15 bits per heavy atom. The second kappa shape index (κ2) is 7.90. The largest absolute Gasteiger partial charge is 0.384 e. The van der Waals surface area contributed by atoms with Crippen molar-refractivity contribution in [2.45, 2.75) is 13.8 Å². The Morgan fingerprint density at radius 3 is 2.80 bits per heavy atom. The molecule has 0 radical (unpaired) electrons. The molecule has 110 valence electrons. The standard InChI is InChI=1S/C14H19NO4S/c1-3-19-9-10-20(17,18)15-14-11-13(5-4-8-16)7-6-12(14)2/h6-7,11,15-16H,3,8-10H2,1-2H3. The molecule has 20 heavy (non-hydrogen) atoms. The molecule has 1 aromatic carbocycles. The van der Waals surface area contributed by atoms with Crippen molar-refractivity contribution in [1.29, 1.82) is 0 Å². The van der Waals surface area contributed by atoms with Gasteiger partial charge in [-0.1, -0.05) is 17.9 Å². The first-order valence-corrected chi connectivity index (χ1v) is 7.92. The van der Waals surface area contributed by atoms with Gasteiger partial charge in [-0.15, -0.1) is 0 Å². The maximum absolute atomic E-state index is 11.9. The van der Waals surface area contributed by atoms with Crippen molar-refractivity contribution in [3.05, 3.63) is 29.3 Å². The number of hydrogen-bond donors (Lipinski definition) is 2. The number of hydrogen-bond acceptors (Lipinski definition) is 4. The van der Waals surface area contributed by atoms with Gasteiger partial charge in [-0.05, 0) is 31.5 Å². The first-order valence-electron chi connectivity index (χ1n) is 6.27. The average molecular weight is 297 g/mol. The molecular formula is C14H19NO4S.